The fourth-order valence-corrected chi connectivity index (χ4v) is 3.52. The Balaban J connectivity index is 2.48. The van der Waals surface area contributed by atoms with Gasteiger partial charge in [0.2, 0.25) is 5.75 Å². The molecule has 0 radical (unpaired) electrons. The highest BCUT2D eigenvalue weighted by molar-refractivity contribution is 8.18. The van der Waals surface area contributed by atoms with E-state index in [1.807, 2.05) is 19.9 Å². The lowest BCUT2D eigenvalue weighted by atomic mass is 10.1. The minimum atomic E-state index is -0.0495. The second-order valence-electron chi connectivity index (χ2n) is 4.84. The third-order valence-corrected chi connectivity index (χ3v) is 4.56. The maximum Gasteiger partial charge on any atom is 0.266 e. The van der Waals surface area contributed by atoms with Crippen molar-refractivity contribution in [2.75, 3.05) is 34.4 Å². The summed E-state index contributed by atoms with van der Waals surface area (Å²) in [5, 5.41) is 0.732. The quantitative estimate of drug-likeness (QED) is 0.738. The molecule has 1 aliphatic heterocycles. The number of carbonyl (C=O) groups excluding carboxylic acids is 1. The van der Waals surface area contributed by atoms with Crippen LogP contribution in [0.3, 0.4) is 0 Å². The van der Waals surface area contributed by atoms with Gasteiger partial charge in [-0.05, 0) is 43.8 Å². The van der Waals surface area contributed by atoms with Gasteiger partial charge in [-0.3, -0.25) is 14.7 Å². The molecule has 2 rings (SSSR count). The van der Waals surface area contributed by atoms with Gasteiger partial charge < -0.3 is 14.2 Å². The highest BCUT2D eigenvalue weighted by atomic mass is 32.2. The van der Waals surface area contributed by atoms with Crippen molar-refractivity contribution in [2.24, 2.45) is 4.99 Å². The maximum atomic E-state index is 12.6. The molecule has 1 aromatic rings. The van der Waals surface area contributed by atoms with E-state index in [0.29, 0.717) is 35.2 Å². The van der Waals surface area contributed by atoms with Crippen molar-refractivity contribution in [3.8, 4) is 17.2 Å². The van der Waals surface area contributed by atoms with Crippen LogP contribution >= 0.6 is 11.8 Å². The van der Waals surface area contributed by atoms with Crippen LogP contribution in [0, 0.1) is 0 Å². The number of benzene rings is 1. The molecule has 6 nitrogen and oxygen atoms in total. The monoisotopic (exact) mass is 350 g/mol. The predicted octanol–water partition coefficient (Wildman–Crippen LogP) is 3.02. The summed E-state index contributed by atoms with van der Waals surface area (Å²) in [6.07, 6.45) is 1.80. The second-order valence-corrected chi connectivity index (χ2v) is 5.85. The van der Waals surface area contributed by atoms with Gasteiger partial charge in [-0.25, -0.2) is 0 Å². The standard InChI is InChI=1S/C17H22N2O4S/c1-6-18-17-19(7-2)16(20)13(24-17)10-11-8-9-12(21-3)15(23-5)14(11)22-4/h8-10H,6-7H2,1-5H3/b13-10-,18-17?. The molecular weight excluding hydrogens is 328 g/mol. The Morgan fingerprint density at radius 3 is 2.38 bits per heavy atom. The van der Waals surface area contributed by atoms with Gasteiger partial charge in [-0.15, -0.1) is 0 Å². The average Bonchev–Trinajstić information content (AvgIpc) is 2.89. The molecule has 0 saturated carbocycles. The summed E-state index contributed by atoms with van der Waals surface area (Å²) in [5.41, 5.74) is 0.750. The van der Waals surface area contributed by atoms with Crippen LogP contribution in [0.1, 0.15) is 19.4 Å². The first-order valence-corrected chi connectivity index (χ1v) is 8.47. The van der Waals surface area contributed by atoms with Gasteiger partial charge in [-0.2, -0.15) is 0 Å². The first kappa shape index (κ1) is 18.2. The van der Waals surface area contributed by atoms with Gasteiger partial charge in [0.15, 0.2) is 16.7 Å². The van der Waals surface area contributed by atoms with Gasteiger partial charge in [-0.1, -0.05) is 0 Å². The molecule has 0 aliphatic carbocycles. The van der Waals surface area contributed by atoms with Crippen LogP contribution in [0.5, 0.6) is 17.2 Å². The Hall–Kier alpha value is -2.15. The van der Waals surface area contributed by atoms with Crippen molar-refractivity contribution < 1.29 is 19.0 Å². The van der Waals surface area contributed by atoms with Gasteiger partial charge in [0, 0.05) is 18.7 Å². The first-order valence-electron chi connectivity index (χ1n) is 7.66. The van der Waals surface area contributed by atoms with Crippen molar-refractivity contribution in [2.45, 2.75) is 13.8 Å². The van der Waals surface area contributed by atoms with Crippen LogP contribution in [-0.4, -0.2) is 50.4 Å². The molecule has 1 fully saturated rings. The molecule has 1 heterocycles. The maximum absolute atomic E-state index is 12.6. The van der Waals surface area contributed by atoms with E-state index in [-0.39, 0.29) is 5.91 Å². The first-order chi connectivity index (χ1) is 11.6. The molecule has 0 aromatic heterocycles. The third-order valence-electron chi connectivity index (χ3n) is 3.52. The lowest BCUT2D eigenvalue weighted by Crippen LogP contribution is -2.28. The number of amidine groups is 1. The zero-order chi connectivity index (χ0) is 17.7. The molecule has 0 unspecified atom stereocenters. The molecule has 0 atom stereocenters. The van der Waals surface area contributed by atoms with E-state index in [4.69, 9.17) is 14.2 Å². The van der Waals surface area contributed by atoms with Crippen LogP contribution in [0.15, 0.2) is 22.0 Å². The number of ether oxygens (including phenoxy) is 3. The number of thioether (sulfide) groups is 1. The zero-order valence-electron chi connectivity index (χ0n) is 14.6. The minimum Gasteiger partial charge on any atom is -0.493 e. The summed E-state index contributed by atoms with van der Waals surface area (Å²) in [6, 6.07) is 3.63. The molecule has 0 spiro atoms. The molecule has 1 saturated heterocycles. The fourth-order valence-electron chi connectivity index (χ4n) is 2.42. The lowest BCUT2D eigenvalue weighted by molar-refractivity contribution is -0.122. The summed E-state index contributed by atoms with van der Waals surface area (Å²) in [7, 11) is 4.68. The number of carbonyl (C=O) groups is 1. The number of hydrogen-bond donors (Lipinski definition) is 0. The summed E-state index contributed by atoms with van der Waals surface area (Å²) in [4.78, 5) is 19.2. The Labute approximate surface area is 146 Å². The Kier molecular flexibility index (Phi) is 6.14. The smallest absolute Gasteiger partial charge is 0.266 e. The molecular formula is C17H22N2O4S. The molecule has 24 heavy (non-hydrogen) atoms. The number of methoxy groups -OCH3 is 3. The van der Waals surface area contributed by atoms with E-state index in [9.17, 15) is 4.79 Å². The number of amides is 1. The number of aliphatic imine (C=N–C) groups is 1. The van der Waals surface area contributed by atoms with Crippen LogP contribution < -0.4 is 14.2 Å². The number of likely N-dealkylation sites (N-methyl/N-ethyl adjacent to an activating group) is 1. The van der Waals surface area contributed by atoms with E-state index in [0.717, 1.165) is 10.7 Å². The highest BCUT2D eigenvalue weighted by Gasteiger charge is 2.32. The van der Waals surface area contributed by atoms with Crippen molar-refractivity contribution in [1.29, 1.82) is 0 Å². The van der Waals surface area contributed by atoms with E-state index in [1.54, 1.807) is 38.4 Å². The Morgan fingerprint density at radius 2 is 1.83 bits per heavy atom. The van der Waals surface area contributed by atoms with Crippen molar-refractivity contribution in [3.63, 3.8) is 0 Å². The van der Waals surface area contributed by atoms with Gasteiger partial charge >= 0.3 is 0 Å². The van der Waals surface area contributed by atoms with Crippen LogP contribution in [0.2, 0.25) is 0 Å². The van der Waals surface area contributed by atoms with Crippen LogP contribution in [0.25, 0.3) is 6.08 Å². The zero-order valence-corrected chi connectivity index (χ0v) is 15.4. The molecule has 1 amide bonds. The molecule has 130 valence electrons. The average molecular weight is 350 g/mol. The number of rotatable bonds is 6. The van der Waals surface area contributed by atoms with Crippen molar-refractivity contribution >= 4 is 28.9 Å². The Bertz CT molecular complexity index is 685. The fraction of sp³-hybridized carbons (Fsp3) is 0.412. The largest absolute Gasteiger partial charge is 0.493 e. The van der Waals surface area contributed by atoms with Crippen molar-refractivity contribution in [3.05, 3.63) is 22.6 Å². The molecule has 0 bridgehead atoms. The third kappa shape index (κ3) is 3.36. The predicted molar refractivity (Wildman–Crippen MR) is 97.0 cm³/mol. The van der Waals surface area contributed by atoms with Gasteiger partial charge in [0.1, 0.15) is 0 Å². The highest BCUT2D eigenvalue weighted by Crippen LogP contribution is 2.42. The van der Waals surface area contributed by atoms with Crippen molar-refractivity contribution in [1.82, 2.24) is 4.90 Å². The number of hydrogen-bond acceptors (Lipinski definition) is 6. The molecule has 1 aromatic carbocycles. The van der Waals surface area contributed by atoms with E-state index in [1.165, 1.54) is 11.8 Å². The minimum absolute atomic E-state index is 0.0495. The Morgan fingerprint density at radius 1 is 1.12 bits per heavy atom. The van der Waals surface area contributed by atoms with Crippen LogP contribution in [-0.2, 0) is 4.79 Å². The topological polar surface area (TPSA) is 60.4 Å². The molecule has 7 heteroatoms. The van der Waals surface area contributed by atoms with E-state index < -0.39 is 0 Å². The second kappa shape index (κ2) is 8.10. The summed E-state index contributed by atoms with van der Waals surface area (Å²) >= 11 is 1.37. The number of nitrogens with zero attached hydrogens (tertiary/aromatic N) is 2. The van der Waals surface area contributed by atoms with Gasteiger partial charge in [0.25, 0.3) is 5.91 Å². The summed E-state index contributed by atoms with van der Waals surface area (Å²) < 4.78 is 16.1. The lowest BCUT2D eigenvalue weighted by Gasteiger charge is -2.14. The van der Waals surface area contributed by atoms with E-state index in [2.05, 4.69) is 4.99 Å². The molecule has 1 aliphatic rings. The summed E-state index contributed by atoms with van der Waals surface area (Å²) in [6.45, 7) is 5.11. The summed E-state index contributed by atoms with van der Waals surface area (Å²) in [5.74, 6) is 1.55. The molecule has 0 N–H and O–H groups in total. The van der Waals surface area contributed by atoms with Crippen LogP contribution in [0.4, 0.5) is 0 Å². The normalized spacial score (nSPS) is 17.7. The van der Waals surface area contributed by atoms with Gasteiger partial charge in [0.05, 0.1) is 26.2 Å². The van der Waals surface area contributed by atoms with E-state index >= 15 is 0 Å². The SMILES string of the molecule is CCN=C1S/C(=C\c2ccc(OC)c(OC)c2OC)C(=O)N1CC.